The van der Waals surface area contributed by atoms with Crippen LogP contribution >= 0.6 is 0 Å². The molecule has 1 aromatic carbocycles. The summed E-state index contributed by atoms with van der Waals surface area (Å²) in [5.41, 5.74) is 0.540. The predicted octanol–water partition coefficient (Wildman–Crippen LogP) is 2.90. The first kappa shape index (κ1) is 18.1. The molecule has 3 heterocycles. The maximum atomic E-state index is 13.7. The van der Waals surface area contributed by atoms with Crippen LogP contribution < -0.4 is 10.2 Å². The lowest BCUT2D eigenvalue weighted by Crippen LogP contribution is -2.49. The minimum atomic E-state index is -0.890. The number of fused-ring (bicyclic) bond motifs is 3. The van der Waals surface area contributed by atoms with E-state index in [-0.39, 0.29) is 17.9 Å². The van der Waals surface area contributed by atoms with Crippen molar-refractivity contribution in [1.82, 2.24) is 19.7 Å². The summed E-state index contributed by atoms with van der Waals surface area (Å²) in [6.45, 7) is 2.40. The fraction of sp³-hybridized carbons (Fsp3) is 0.526. The standard InChI is InChI=1S/C19H22F2N6O2/c20-14-5-4-13(8-15(14)21)26-6-1-7-27-18(26)23-17(24-27)22-16-11-2-3-12(16)10-25(9-11)19(28)29/h4-5,8,11-12,16H,1-3,6-7,9-10H2,(H,22,24)(H,28,29)/t11-,12+,16?. The number of hydrogen-bond acceptors (Lipinski definition) is 5. The second kappa shape index (κ2) is 6.85. The van der Waals surface area contributed by atoms with Gasteiger partial charge in [-0.25, -0.2) is 18.3 Å². The molecule has 0 radical (unpaired) electrons. The van der Waals surface area contributed by atoms with Crippen molar-refractivity contribution in [2.75, 3.05) is 29.9 Å². The van der Waals surface area contributed by atoms with E-state index in [2.05, 4.69) is 15.4 Å². The molecule has 1 aromatic heterocycles. The summed E-state index contributed by atoms with van der Waals surface area (Å²) < 4.78 is 28.8. The van der Waals surface area contributed by atoms with E-state index in [1.807, 2.05) is 4.90 Å². The number of likely N-dealkylation sites (tertiary alicyclic amines) is 1. The lowest BCUT2D eigenvalue weighted by atomic mass is 9.92. The number of carbonyl (C=O) groups is 1. The molecule has 29 heavy (non-hydrogen) atoms. The predicted molar refractivity (Wildman–Crippen MR) is 101 cm³/mol. The third kappa shape index (κ3) is 3.16. The first-order valence-corrected chi connectivity index (χ1v) is 9.91. The van der Waals surface area contributed by atoms with Crippen molar-refractivity contribution in [3.63, 3.8) is 0 Å². The highest BCUT2D eigenvalue weighted by Gasteiger charge is 2.44. The molecule has 0 spiro atoms. The molecule has 2 aliphatic heterocycles. The van der Waals surface area contributed by atoms with Gasteiger partial charge in [0.25, 0.3) is 0 Å². The molecule has 154 valence electrons. The molecule has 2 N–H and O–H groups in total. The van der Waals surface area contributed by atoms with Gasteiger partial charge >= 0.3 is 6.09 Å². The Hall–Kier alpha value is -2.91. The Morgan fingerprint density at radius 3 is 2.59 bits per heavy atom. The number of nitrogens with zero attached hydrogens (tertiary/aromatic N) is 5. The van der Waals surface area contributed by atoms with E-state index in [4.69, 9.17) is 0 Å². The van der Waals surface area contributed by atoms with E-state index < -0.39 is 17.7 Å². The zero-order valence-electron chi connectivity index (χ0n) is 15.8. The van der Waals surface area contributed by atoms with Gasteiger partial charge in [0.15, 0.2) is 11.6 Å². The third-order valence-electron chi connectivity index (χ3n) is 6.26. The van der Waals surface area contributed by atoms with Crippen molar-refractivity contribution in [2.24, 2.45) is 11.8 Å². The van der Waals surface area contributed by atoms with Crippen molar-refractivity contribution >= 4 is 23.7 Å². The number of halogens is 2. The van der Waals surface area contributed by atoms with E-state index in [9.17, 15) is 18.7 Å². The molecule has 5 rings (SSSR count). The second-order valence-corrected chi connectivity index (χ2v) is 8.02. The van der Waals surface area contributed by atoms with Crippen LogP contribution in [-0.4, -0.2) is 56.5 Å². The third-order valence-corrected chi connectivity index (χ3v) is 6.26. The Morgan fingerprint density at radius 1 is 1.14 bits per heavy atom. The Balaban J connectivity index is 1.37. The van der Waals surface area contributed by atoms with E-state index in [0.29, 0.717) is 43.8 Å². The lowest BCUT2D eigenvalue weighted by Gasteiger charge is -2.36. The van der Waals surface area contributed by atoms with Crippen molar-refractivity contribution in [2.45, 2.75) is 31.8 Å². The summed E-state index contributed by atoms with van der Waals surface area (Å²) in [5.74, 6) is -0.183. The van der Waals surface area contributed by atoms with Crippen molar-refractivity contribution in [3.8, 4) is 0 Å². The number of nitrogens with one attached hydrogen (secondary N) is 1. The van der Waals surface area contributed by atoms with Gasteiger partial charge in [-0.15, -0.1) is 5.10 Å². The van der Waals surface area contributed by atoms with Crippen LogP contribution in [-0.2, 0) is 6.54 Å². The van der Waals surface area contributed by atoms with Gasteiger partial charge in [0.05, 0.1) is 0 Å². The van der Waals surface area contributed by atoms with Crippen LogP contribution in [0, 0.1) is 23.5 Å². The van der Waals surface area contributed by atoms with Gasteiger partial charge in [-0.2, -0.15) is 4.98 Å². The lowest BCUT2D eigenvalue weighted by molar-refractivity contribution is 0.112. The topological polar surface area (TPSA) is 86.5 Å². The maximum absolute atomic E-state index is 13.7. The van der Waals surface area contributed by atoms with Crippen LogP contribution in [0.2, 0.25) is 0 Å². The summed E-state index contributed by atoms with van der Waals surface area (Å²) >= 11 is 0. The molecule has 2 fully saturated rings. The molecule has 1 saturated heterocycles. The second-order valence-electron chi connectivity index (χ2n) is 8.02. The smallest absolute Gasteiger partial charge is 0.407 e. The zero-order valence-corrected chi connectivity index (χ0v) is 15.8. The summed E-state index contributed by atoms with van der Waals surface area (Å²) in [7, 11) is 0. The van der Waals surface area contributed by atoms with E-state index >= 15 is 0 Å². The summed E-state index contributed by atoms with van der Waals surface area (Å²) in [6.07, 6.45) is 1.93. The fourth-order valence-electron chi connectivity index (χ4n) is 4.88. The number of anilines is 3. The Morgan fingerprint density at radius 2 is 1.90 bits per heavy atom. The summed E-state index contributed by atoms with van der Waals surface area (Å²) in [4.78, 5) is 19.3. The van der Waals surface area contributed by atoms with Crippen molar-refractivity contribution < 1.29 is 18.7 Å². The van der Waals surface area contributed by atoms with E-state index in [1.165, 1.54) is 17.0 Å². The zero-order chi connectivity index (χ0) is 20.1. The van der Waals surface area contributed by atoms with E-state index in [0.717, 1.165) is 25.3 Å². The average molecular weight is 404 g/mol. The minimum Gasteiger partial charge on any atom is -0.465 e. The first-order chi connectivity index (χ1) is 14.0. The van der Waals surface area contributed by atoms with Gasteiger partial charge in [0.2, 0.25) is 11.9 Å². The fourth-order valence-corrected chi connectivity index (χ4v) is 4.88. The highest BCUT2D eigenvalue weighted by Crippen LogP contribution is 2.39. The Labute approximate surface area is 166 Å². The molecule has 2 aromatic rings. The Bertz CT molecular complexity index is 937. The quantitative estimate of drug-likeness (QED) is 0.818. The molecule has 1 aliphatic carbocycles. The summed E-state index contributed by atoms with van der Waals surface area (Å²) in [6, 6.07) is 3.98. The van der Waals surface area contributed by atoms with Crippen LogP contribution in [0.4, 0.5) is 31.2 Å². The van der Waals surface area contributed by atoms with Crippen molar-refractivity contribution in [3.05, 3.63) is 29.8 Å². The number of aryl methyl sites for hydroxylation is 1. The number of hydrogen-bond donors (Lipinski definition) is 2. The van der Waals surface area contributed by atoms with Crippen LogP contribution in [0.25, 0.3) is 0 Å². The maximum Gasteiger partial charge on any atom is 0.407 e. The molecular weight excluding hydrogens is 382 g/mol. The molecule has 1 saturated carbocycles. The normalized spacial score (nSPS) is 25.8. The van der Waals surface area contributed by atoms with Gasteiger partial charge in [-0.1, -0.05) is 0 Å². The van der Waals surface area contributed by atoms with Crippen molar-refractivity contribution in [1.29, 1.82) is 0 Å². The Kier molecular flexibility index (Phi) is 4.29. The van der Waals surface area contributed by atoms with Crippen LogP contribution in [0.15, 0.2) is 18.2 Å². The van der Waals surface area contributed by atoms with Gasteiger partial charge < -0.3 is 20.2 Å². The molecule has 3 aliphatic rings. The van der Waals surface area contributed by atoms with Crippen LogP contribution in [0.1, 0.15) is 19.3 Å². The van der Waals surface area contributed by atoms with Gasteiger partial charge in [0.1, 0.15) is 0 Å². The highest BCUT2D eigenvalue weighted by molar-refractivity contribution is 5.65. The van der Waals surface area contributed by atoms with Gasteiger partial charge in [0, 0.05) is 44.0 Å². The number of carboxylic acid groups (broad SMARTS) is 1. The molecule has 1 unspecified atom stereocenters. The number of aromatic nitrogens is 3. The van der Waals surface area contributed by atoms with Crippen LogP contribution in [0.5, 0.6) is 0 Å². The summed E-state index contributed by atoms with van der Waals surface area (Å²) in [5, 5.41) is 17.3. The highest BCUT2D eigenvalue weighted by atomic mass is 19.2. The SMILES string of the molecule is O=C(O)N1C[C@H]2CC[C@@H](C1)C2Nc1nc2n(n1)CCCN2c1ccc(F)c(F)c1. The molecule has 8 nitrogen and oxygen atoms in total. The van der Waals surface area contributed by atoms with E-state index in [1.54, 1.807) is 4.68 Å². The first-order valence-electron chi connectivity index (χ1n) is 9.91. The monoisotopic (exact) mass is 404 g/mol. The molecule has 3 atom stereocenters. The minimum absolute atomic E-state index is 0.145. The number of amides is 1. The number of rotatable bonds is 3. The van der Waals surface area contributed by atoms with Gasteiger partial charge in [-0.3, -0.25) is 0 Å². The number of piperidine rings is 1. The average Bonchev–Trinajstić information content (AvgIpc) is 3.20. The molecular formula is C19H22F2N6O2. The molecule has 1 amide bonds. The molecule has 2 bridgehead atoms. The van der Waals surface area contributed by atoms with Gasteiger partial charge in [-0.05, 0) is 43.2 Å². The largest absolute Gasteiger partial charge is 0.465 e. The van der Waals surface area contributed by atoms with Crippen LogP contribution in [0.3, 0.4) is 0 Å². The number of benzene rings is 1. The molecule has 10 heteroatoms.